The van der Waals surface area contributed by atoms with Crippen LogP contribution in [0.1, 0.15) is 61.3 Å². The molecular weight excluding hydrogens is 464 g/mol. The summed E-state index contributed by atoms with van der Waals surface area (Å²) < 4.78 is 1.74. The minimum absolute atomic E-state index is 0.0791. The predicted octanol–water partition coefficient (Wildman–Crippen LogP) is 3.66. The van der Waals surface area contributed by atoms with Crippen LogP contribution in [0.15, 0.2) is 29.2 Å². The number of piperidine rings is 1. The van der Waals surface area contributed by atoms with Crippen molar-refractivity contribution in [1.82, 2.24) is 24.8 Å². The van der Waals surface area contributed by atoms with Gasteiger partial charge in [0.15, 0.2) is 0 Å². The van der Waals surface area contributed by atoms with Crippen molar-refractivity contribution in [3.63, 3.8) is 0 Å². The van der Waals surface area contributed by atoms with Crippen LogP contribution in [-0.4, -0.2) is 52.7 Å². The molecule has 37 heavy (non-hydrogen) atoms. The summed E-state index contributed by atoms with van der Waals surface area (Å²) in [4.78, 5) is 27.3. The summed E-state index contributed by atoms with van der Waals surface area (Å²) in [6.07, 6.45) is 8.12. The summed E-state index contributed by atoms with van der Waals surface area (Å²) in [7, 11) is 4.35. The molecular formula is C28H34N8O. The van der Waals surface area contributed by atoms with Crippen LogP contribution in [0.2, 0.25) is 0 Å². The van der Waals surface area contributed by atoms with Gasteiger partial charge in [0.2, 0.25) is 5.95 Å². The first kappa shape index (κ1) is 23.9. The Morgan fingerprint density at radius 2 is 1.86 bits per heavy atom. The number of anilines is 3. The van der Waals surface area contributed by atoms with Gasteiger partial charge in [-0.1, -0.05) is 12.8 Å². The molecule has 4 heterocycles. The van der Waals surface area contributed by atoms with E-state index in [1.807, 2.05) is 0 Å². The Bertz CT molecular complexity index is 1420. The van der Waals surface area contributed by atoms with Gasteiger partial charge >= 0.3 is 0 Å². The van der Waals surface area contributed by atoms with E-state index in [2.05, 4.69) is 57.7 Å². The number of nitrogens with zero attached hydrogens (tertiary/aromatic N) is 6. The predicted molar refractivity (Wildman–Crippen MR) is 145 cm³/mol. The van der Waals surface area contributed by atoms with Crippen LogP contribution in [-0.2, 0) is 13.1 Å². The molecule has 192 valence electrons. The number of fused-ring (bicyclic) bond motifs is 2. The maximum absolute atomic E-state index is 13.1. The molecule has 0 atom stereocenters. The van der Waals surface area contributed by atoms with Gasteiger partial charge in [0, 0.05) is 61.2 Å². The van der Waals surface area contributed by atoms with Crippen molar-refractivity contribution in [1.29, 1.82) is 5.26 Å². The van der Waals surface area contributed by atoms with E-state index in [1.54, 1.807) is 16.8 Å². The van der Waals surface area contributed by atoms with E-state index in [0.717, 1.165) is 62.9 Å². The number of pyridine rings is 1. The third-order valence-electron chi connectivity index (χ3n) is 8.38. The first-order valence-corrected chi connectivity index (χ1v) is 13.4. The summed E-state index contributed by atoms with van der Waals surface area (Å²) in [5, 5.41) is 17.2. The van der Waals surface area contributed by atoms with Gasteiger partial charge in [-0.2, -0.15) is 10.2 Å². The van der Waals surface area contributed by atoms with E-state index in [-0.39, 0.29) is 17.2 Å². The molecule has 0 unspecified atom stereocenters. The zero-order valence-electron chi connectivity index (χ0n) is 21.6. The highest BCUT2D eigenvalue weighted by Gasteiger charge is 2.27. The number of rotatable bonds is 5. The van der Waals surface area contributed by atoms with Gasteiger partial charge < -0.3 is 20.4 Å². The highest BCUT2D eigenvalue weighted by molar-refractivity contribution is 5.78. The van der Waals surface area contributed by atoms with Gasteiger partial charge in [-0.25, -0.2) is 4.98 Å². The van der Waals surface area contributed by atoms with E-state index < -0.39 is 0 Å². The molecule has 2 aromatic heterocycles. The van der Waals surface area contributed by atoms with Crippen LogP contribution in [0, 0.1) is 11.3 Å². The molecule has 1 saturated carbocycles. The molecule has 0 spiro atoms. The first-order chi connectivity index (χ1) is 18.0. The van der Waals surface area contributed by atoms with Crippen LogP contribution >= 0.6 is 0 Å². The van der Waals surface area contributed by atoms with Crippen LogP contribution in [0.4, 0.5) is 17.3 Å². The number of aromatic nitrogens is 3. The minimum atomic E-state index is -0.251. The van der Waals surface area contributed by atoms with Gasteiger partial charge in [-0.15, -0.1) is 0 Å². The van der Waals surface area contributed by atoms with Crippen molar-refractivity contribution in [2.75, 3.05) is 37.4 Å². The Morgan fingerprint density at radius 3 is 2.59 bits per heavy atom. The smallest absolute Gasteiger partial charge is 0.270 e. The van der Waals surface area contributed by atoms with Crippen molar-refractivity contribution < 1.29 is 0 Å². The SMILES string of the molecule is CN(C)C1CCN(c2ccc(Nc3ncc4cc(C#N)c(=O)n(C5CCCC5)c4n3)c3c2CNC3)CC1. The van der Waals surface area contributed by atoms with Gasteiger partial charge in [0.25, 0.3) is 5.56 Å². The van der Waals surface area contributed by atoms with Gasteiger partial charge in [-0.05, 0) is 69.1 Å². The van der Waals surface area contributed by atoms with Crippen LogP contribution in [0.3, 0.4) is 0 Å². The average molecular weight is 499 g/mol. The summed E-state index contributed by atoms with van der Waals surface area (Å²) in [5.74, 6) is 0.469. The number of nitrogens with one attached hydrogen (secondary N) is 2. The monoisotopic (exact) mass is 498 g/mol. The number of hydrogen-bond donors (Lipinski definition) is 2. The number of nitriles is 1. The second kappa shape index (κ2) is 9.77. The lowest BCUT2D eigenvalue weighted by atomic mass is 10.00. The fourth-order valence-corrected chi connectivity index (χ4v) is 6.31. The van der Waals surface area contributed by atoms with Crippen molar-refractivity contribution in [3.8, 4) is 6.07 Å². The lowest BCUT2D eigenvalue weighted by Crippen LogP contribution is -2.42. The molecule has 2 aliphatic heterocycles. The van der Waals surface area contributed by atoms with E-state index in [9.17, 15) is 10.1 Å². The van der Waals surface area contributed by atoms with E-state index in [0.29, 0.717) is 17.6 Å². The van der Waals surface area contributed by atoms with Crippen molar-refractivity contribution in [2.45, 2.75) is 63.7 Å². The maximum Gasteiger partial charge on any atom is 0.270 e. The zero-order valence-corrected chi connectivity index (χ0v) is 21.6. The summed E-state index contributed by atoms with van der Waals surface area (Å²) in [6.45, 7) is 3.79. The molecule has 1 aliphatic carbocycles. The lowest BCUT2D eigenvalue weighted by Gasteiger charge is -2.37. The molecule has 2 fully saturated rings. The molecule has 2 N–H and O–H groups in total. The topological polar surface area (TPSA) is 102 Å². The maximum atomic E-state index is 13.1. The third kappa shape index (κ3) is 4.34. The standard InChI is InChI=1S/C28H34N8O/c1-34(2)20-9-11-35(12-10-20)25-8-7-24(22-16-30-17-23(22)25)32-28-31-15-19-13-18(14-29)27(37)36(26(19)33-28)21-5-3-4-6-21/h7-8,13,15,20-21,30H,3-6,9-12,16-17H2,1-2H3,(H,31,32,33). The van der Waals surface area contributed by atoms with Crippen LogP contribution in [0.5, 0.6) is 0 Å². The van der Waals surface area contributed by atoms with Gasteiger partial charge in [0.05, 0.1) is 0 Å². The van der Waals surface area contributed by atoms with Crippen molar-refractivity contribution >= 4 is 28.4 Å². The van der Waals surface area contributed by atoms with Crippen molar-refractivity contribution in [3.05, 3.63) is 51.4 Å². The Morgan fingerprint density at radius 1 is 1.11 bits per heavy atom. The molecule has 3 aromatic rings. The molecule has 9 heteroatoms. The zero-order chi connectivity index (χ0) is 25.5. The average Bonchev–Trinajstić information content (AvgIpc) is 3.62. The molecule has 0 amide bonds. The number of hydrogen-bond acceptors (Lipinski definition) is 8. The van der Waals surface area contributed by atoms with E-state index >= 15 is 0 Å². The Balaban J connectivity index is 1.32. The minimum Gasteiger partial charge on any atom is -0.371 e. The normalized spacial score (nSPS) is 18.5. The summed E-state index contributed by atoms with van der Waals surface area (Å²) in [5.41, 5.74) is 5.41. The van der Waals surface area contributed by atoms with Crippen LogP contribution in [0.25, 0.3) is 11.0 Å². The highest BCUT2D eigenvalue weighted by Crippen LogP contribution is 2.36. The second-order valence-corrected chi connectivity index (χ2v) is 10.8. The van der Waals surface area contributed by atoms with Gasteiger partial charge in [-0.3, -0.25) is 9.36 Å². The molecule has 3 aliphatic rings. The first-order valence-electron chi connectivity index (χ1n) is 13.4. The quantitative estimate of drug-likeness (QED) is 0.550. The Hall–Kier alpha value is -3.48. The highest BCUT2D eigenvalue weighted by atomic mass is 16.1. The molecule has 9 nitrogen and oxygen atoms in total. The molecule has 0 bridgehead atoms. The van der Waals surface area contributed by atoms with E-state index in [4.69, 9.17) is 4.98 Å². The van der Waals surface area contributed by atoms with Crippen molar-refractivity contribution in [2.24, 2.45) is 0 Å². The van der Waals surface area contributed by atoms with Gasteiger partial charge in [0.1, 0.15) is 17.3 Å². The van der Waals surface area contributed by atoms with E-state index in [1.165, 1.54) is 29.7 Å². The molecule has 0 radical (unpaired) electrons. The lowest BCUT2D eigenvalue weighted by molar-refractivity contribution is 0.249. The third-order valence-corrected chi connectivity index (χ3v) is 8.38. The largest absolute Gasteiger partial charge is 0.371 e. The molecule has 1 saturated heterocycles. The molecule has 6 rings (SSSR count). The molecule has 1 aromatic carbocycles. The summed E-state index contributed by atoms with van der Waals surface area (Å²) >= 11 is 0. The Labute approximate surface area is 217 Å². The summed E-state index contributed by atoms with van der Waals surface area (Å²) in [6, 6.07) is 8.76. The fraction of sp³-hybridized carbons (Fsp3) is 0.500. The fourth-order valence-electron chi connectivity index (χ4n) is 6.31. The van der Waals surface area contributed by atoms with Crippen LogP contribution < -0.4 is 21.1 Å². The number of benzene rings is 1. The second-order valence-electron chi connectivity index (χ2n) is 10.8. The Kier molecular flexibility index (Phi) is 6.31.